The number of pyridine rings is 1. The Kier molecular flexibility index (Phi) is 4.69. The zero-order valence-corrected chi connectivity index (χ0v) is 16.3. The maximum absolute atomic E-state index is 13.2. The van der Waals surface area contributed by atoms with Crippen LogP contribution in [0.1, 0.15) is 6.42 Å². The van der Waals surface area contributed by atoms with Crippen molar-refractivity contribution in [2.24, 2.45) is 0 Å². The molecule has 1 aliphatic rings. The minimum Gasteiger partial charge on any atom is -0.472 e. The Hall–Kier alpha value is -1.96. The van der Waals surface area contributed by atoms with Crippen LogP contribution in [-0.2, 0) is 10.0 Å². The first kappa shape index (κ1) is 17.5. The number of nitrogens with zero attached hydrogens (tertiary/aromatic N) is 2. The molecule has 134 valence electrons. The fraction of sp³-hybridized carbons (Fsp3) is 0.211. The normalized spacial score (nSPS) is 18.3. The molecular formula is C19H17BrN2O3S. The second-order valence-electron chi connectivity index (χ2n) is 6.16. The fourth-order valence-corrected chi connectivity index (χ4v) is 5.24. The molecule has 1 aliphatic heterocycles. The van der Waals surface area contributed by atoms with Gasteiger partial charge in [-0.2, -0.15) is 4.31 Å². The van der Waals surface area contributed by atoms with Crippen molar-refractivity contribution in [1.82, 2.24) is 9.29 Å². The van der Waals surface area contributed by atoms with Gasteiger partial charge in [0.05, 0.1) is 15.9 Å². The number of halogens is 1. The number of hydrogen-bond donors (Lipinski definition) is 0. The van der Waals surface area contributed by atoms with Crippen molar-refractivity contribution in [3.05, 3.63) is 65.3 Å². The quantitative estimate of drug-likeness (QED) is 0.628. The molecule has 2 aromatic carbocycles. The number of benzene rings is 2. The summed E-state index contributed by atoms with van der Waals surface area (Å²) >= 11 is 3.40. The van der Waals surface area contributed by atoms with Crippen LogP contribution in [-0.4, -0.2) is 36.9 Å². The standard InChI is InChI=1S/C19H17BrN2O3S/c20-17-8-4-11-21-19(17)25-15-10-12-22(13-15)26(23,24)18-9-3-6-14-5-1-2-7-16(14)18/h1-9,11,15H,10,12-13H2. The summed E-state index contributed by atoms with van der Waals surface area (Å²) in [6.45, 7) is 0.745. The van der Waals surface area contributed by atoms with Crippen LogP contribution in [0.25, 0.3) is 10.8 Å². The molecule has 1 aromatic heterocycles. The summed E-state index contributed by atoms with van der Waals surface area (Å²) in [6, 6.07) is 16.6. The van der Waals surface area contributed by atoms with E-state index in [1.54, 1.807) is 18.3 Å². The van der Waals surface area contributed by atoms with Crippen molar-refractivity contribution in [2.45, 2.75) is 17.4 Å². The van der Waals surface area contributed by atoms with Crippen LogP contribution in [0.3, 0.4) is 0 Å². The van der Waals surface area contributed by atoms with Gasteiger partial charge in [0.25, 0.3) is 0 Å². The summed E-state index contributed by atoms with van der Waals surface area (Å²) in [5.74, 6) is 0.488. The average molecular weight is 433 g/mol. The van der Waals surface area contributed by atoms with Gasteiger partial charge in [-0.3, -0.25) is 0 Å². The third-order valence-corrected chi connectivity index (χ3v) is 7.01. The van der Waals surface area contributed by atoms with E-state index >= 15 is 0 Å². The van der Waals surface area contributed by atoms with Crippen molar-refractivity contribution in [1.29, 1.82) is 0 Å². The zero-order chi connectivity index (χ0) is 18.1. The fourth-order valence-electron chi connectivity index (χ4n) is 3.19. The molecule has 0 amide bonds. The molecule has 4 rings (SSSR count). The molecule has 0 aliphatic carbocycles. The molecule has 1 atom stereocenters. The SMILES string of the molecule is O=S(=O)(c1cccc2ccccc12)N1CCC(Oc2ncccc2Br)C1. The first-order valence-corrected chi connectivity index (χ1v) is 10.5. The van der Waals surface area contributed by atoms with Gasteiger partial charge < -0.3 is 4.74 Å². The van der Waals surface area contributed by atoms with E-state index in [0.29, 0.717) is 30.3 Å². The third kappa shape index (κ3) is 3.22. The lowest BCUT2D eigenvalue weighted by Crippen LogP contribution is -2.31. The number of aromatic nitrogens is 1. The number of hydrogen-bond acceptors (Lipinski definition) is 4. The lowest BCUT2D eigenvalue weighted by atomic mass is 10.1. The monoisotopic (exact) mass is 432 g/mol. The highest BCUT2D eigenvalue weighted by Gasteiger charge is 2.34. The Morgan fingerprint density at radius 3 is 2.73 bits per heavy atom. The van der Waals surface area contributed by atoms with Crippen molar-refractivity contribution < 1.29 is 13.2 Å². The number of fused-ring (bicyclic) bond motifs is 1. The van der Waals surface area contributed by atoms with E-state index in [2.05, 4.69) is 20.9 Å². The molecule has 0 spiro atoms. The molecule has 1 fully saturated rings. The highest BCUT2D eigenvalue weighted by Crippen LogP contribution is 2.30. The highest BCUT2D eigenvalue weighted by molar-refractivity contribution is 9.10. The van der Waals surface area contributed by atoms with Gasteiger partial charge in [-0.25, -0.2) is 13.4 Å². The van der Waals surface area contributed by atoms with E-state index in [1.165, 1.54) is 4.31 Å². The van der Waals surface area contributed by atoms with Gasteiger partial charge in [-0.1, -0.05) is 36.4 Å². The predicted octanol–water partition coefficient (Wildman–Crippen LogP) is 3.84. The van der Waals surface area contributed by atoms with Crippen LogP contribution in [0, 0.1) is 0 Å². The van der Waals surface area contributed by atoms with Crippen LogP contribution >= 0.6 is 15.9 Å². The van der Waals surface area contributed by atoms with E-state index < -0.39 is 10.0 Å². The molecule has 0 bridgehead atoms. The number of sulfonamides is 1. The van der Waals surface area contributed by atoms with E-state index in [4.69, 9.17) is 4.74 Å². The Morgan fingerprint density at radius 2 is 1.88 bits per heavy atom. The second kappa shape index (κ2) is 6.98. The summed E-state index contributed by atoms with van der Waals surface area (Å²) in [5.41, 5.74) is 0. The summed E-state index contributed by atoms with van der Waals surface area (Å²) in [7, 11) is -3.58. The van der Waals surface area contributed by atoms with E-state index in [-0.39, 0.29) is 6.10 Å². The van der Waals surface area contributed by atoms with Gasteiger partial charge in [0.15, 0.2) is 0 Å². The third-order valence-electron chi connectivity index (χ3n) is 4.48. The van der Waals surface area contributed by atoms with Crippen LogP contribution in [0.2, 0.25) is 0 Å². The van der Waals surface area contributed by atoms with Crippen LogP contribution < -0.4 is 4.74 Å². The van der Waals surface area contributed by atoms with Gasteiger partial charge in [-0.15, -0.1) is 0 Å². The predicted molar refractivity (Wildman–Crippen MR) is 104 cm³/mol. The maximum Gasteiger partial charge on any atom is 0.243 e. The number of rotatable bonds is 4. The van der Waals surface area contributed by atoms with Gasteiger partial charge in [0, 0.05) is 18.1 Å². The van der Waals surface area contributed by atoms with Gasteiger partial charge in [-0.05, 0) is 45.9 Å². The first-order chi connectivity index (χ1) is 12.6. The molecule has 0 saturated carbocycles. The molecule has 7 heteroatoms. The average Bonchev–Trinajstić information content (AvgIpc) is 3.12. The summed E-state index contributed by atoms with van der Waals surface area (Å²) in [6.07, 6.45) is 2.07. The Labute approximate surface area is 160 Å². The van der Waals surface area contributed by atoms with E-state index in [1.807, 2.05) is 42.5 Å². The molecule has 3 aromatic rings. The summed E-state index contributed by atoms with van der Waals surface area (Å²) in [5, 5.41) is 1.66. The highest BCUT2D eigenvalue weighted by atomic mass is 79.9. The minimum atomic E-state index is -3.58. The van der Waals surface area contributed by atoms with Crippen LogP contribution in [0.4, 0.5) is 0 Å². The van der Waals surface area contributed by atoms with Crippen LogP contribution in [0.5, 0.6) is 5.88 Å². The Morgan fingerprint density at radius 1 is 1.08 bits per heavy atom. The summed E-state index contributed by atoms with van der Waals surface area (Å²) in [4.78, 5) is 4.53. The lowest BCUT2D eigenvalue weighted by Gasteiger charge is -2.18. The number of ether oxygens (including phenoxy) is 1. The molecule has 1 saturated heterocycles. The van der Waals surface area contributed by atoms with Crippen molar-refractivity contribution in [3.63, 3.8) is 0 Å². The van der Waals surface area contributed by atoms with E-state index in [0.717, 1.165) is 15.2 Å². The smallest absolute Gasteiger partial charge is 0.243 e. The van der Waals surface area contributed by atoms with Crippen molar-refractivity contribution in [3.8, 4) is 5.88 Å². The molecule has 0 N–H and O–H groups in total. The minimum absolute atomic E-state index is 0.217. The van der Waals surface area contributed by atoms with Gasteiger partial charge in [0.1, 0.15) is 6.10 Å². The first-order valence-electron chi connectivity index (χ1n) is 8.31. The molecule has 0 radical (unpaired) electrons. The van der Waals surface area contributed by atoms with Crippen molar-refractivity contribution in [2.75, 3.05) is 13.1 Å². The summed E-state index contributed by atoms with van der Waals surface area (Å²) < 4.78 is 34.5. The molecule has 26 heavy (non-hydrogen) atoms. The van der Waals surface area contributed by atoms with Gasteiger partial charge in [0.2, 0.25) is 15.9 Å². The van der Waals surface area contributed by atoms with Gasteiger partial charge >= 0.3 is 0 Å². The maximum atomic E-state index is 13.2. The molecule has 5 nitrogen and oxygen atoms in total. The topological polar surface area (TPSA) is 59.5 Å². The Balaban J connectivity index is 1.59. The molecular weight excluding hydrogens is 416 g/mol. The van der Waals surface area contributed by atoms with E-state index in [9.17, 15) is 8.42 Å². The van der Waals surface area contributed by atoms with Crippen molar-refractivity contribution >= 4 is 36.7 Å². The molecule has 1 unspecified atom stereocenters. The Bertz CT molecular complexity index is 1050. The zero-order valence-electron chi connectivity index (χ0n) is 13.9. The second-order valence-corrected chi connectivity index (χ2v) is 8.92. The van der Waals surface area contributed by atoms with Crippen LogP contribution in [0.15, 0.2) is 70.2 Å². The largest absolute Gasteiger partial charge is 0.472 e. The molecule has 2 heterocycles. The lowest BCUT2D eigenvalue weighted by molar-refractivity contribution is 0.205.